The van der Waals surface area contributed by atoms with E-state index in [0.29, 0.717) is 0 Å². The van der Waals surface area contributed by atoms with Crippen LogP contribution in [-0.2, 0) is 0 Å². The fraction of sp³-hybridized carbons (Fsp3) is 0.600. The van der Waals surface area contributed by atoms with Crippen molar-refractivity contribution >= 4 is 27.3 Å². The summed E-state index contributed by atoms with van der Waals surface area (Å²) in [5.74, 6) is 0.745. The molecule has 3 heteroatoms. The average Bonchev–Trinajstić information content (AvgIpc) is 2.47. The van der Waals surface area contributed by atoms with E-state index in [-0.39, 0.29) is 6.04 Å². The second-order valence-corrected chi connectivity index (χ2v) is 5.60. The van der Waals surface area contributed by atoms with Crippen molar-refractivity contribution in [3.05, 3.63) is 20.8 Å². The van der Waals surface area contributed by atoms with Crippen LogP contribution in [0, 0.1) is 5.92 Å². The third-order valence-electron chi connectivity index (χ3n) is 2.01. The van der Waals surface area contributed by atoms with E-state index in [1.165, 1.54) is 11.3 Å². The van der Waals surface area contributed by atoms with Gasteiger partial charge >= 0.3 is 0 Å². The lowest BCUT2D eigenvalue weighted by molar-refractivity contribution is 0.510. The molecule has 13 heavy (non-hydrogen) atoms. The highest BCUT2D eigenvalue weighted by atomic mass is 79.9. The van der Waals surface area contributed by atoms with Crippen molar-refractivity contribution < 1.29 is 0 Å². The van der Waals surface area contributed by atoms with Crippen molar-refractivity contribution in [1.29, 1.82) is 0 Å². The smallest absolute Gasteiger partial charge is 0.0390 e. The first kappa shape index (κ1) is 11.2. The molecule has 0 radical (unpaired) electrons. The first-order chi connectivity index (χ1) is 6.09. The van der Waals surface area contributed by atoms with Crippen LogP contribution in [0.2, 0.25) is 0 Å². The van der Waals surface area contributed by atoms with Gasteiger partial charge in [0.05, 0.1) is 0 Å². The average molecular weight is 262 g/mol. The van der Waals surface area contributed by atoms with Crippen LogP contribution in [0.4, 0.5) is 0 Å². The molecule has 1 rings (SSSR count). The summed E-state index contributed by atoms with van der Waals surface area (Å²) in [6.45, 7) is 4.47. The standard InChI is InChI=1S/C10H16BrNS/c1-7(2)3-4-9(12)10-5-8(11)6-13-10/h5-7,9H,3-4,12H2,1-2H3/t9-/m0/s1. The van der Waals surface area contributed by atoms with E-state index < -0.39 is 0 Å². The summed E-state index contributed by atoms with van der Waals surface area (Å²) in [7, 11) is 0. The van der Waals surface area contributed by atoms with Gasteiger partial charge in [-0.3, -0.25) is 0 Å². The van der Waals surface area contributed by atoms with E-state index in [9.17, 15) is 0 Å². The van der Waals surface area contributed by atoms with E-state index in [0.717, 1.165) is 16.8 Å². The molecular weight excluding hydrogens is 246 g/mol. The van der Waals surface area contributed by atoms with Crippen molar-refractivity contribution in [3.8, 4) is 0 Å². The Morgan fingerprint density at radius 3 is 2.62 bits per heavy atom. The summed E-state index contributed by atoms with van der Waals surface area (Å²) in [5.41, 5.74) is 6.05. The molecule has 1 heterocycles. The molecule has 0 aromatic carbocycles. The van der Waals surface area contributed by atoms with Crippen LogP contribution in [0.3, 0.4) is 0 Å². The van der Waals surface area contributed by atoms with Gasteiger partial charge in [0, 0.05) is 20.8 Å². The second-order valence-electron chi connectivity index (χ2n) is 3.74. The summed E-state index contributed by atoms with van der Waals surface area (Å²) in [4.78, 5) is 1.28. The molecule has 74 valence electrons. The predicted molar refractivity (Wildman–Crippen MR) is 63.0 cm³/mol. The van der Waals surface area contributed by atoms with E-state index in [1.54, 1.807) is 11.3 Å². The number of nitrogens with two attached hydrogens (primary N) is 1. The van der Waals surface area contributed by atoms with Gasteiger partial charge in [0.2, 0.25) is 0 Å². The minimum absolute atomic E-state index is 0.221. The van der Waals surface area contributed by atoms with E-state index >= 15 is 0 Å². The molecule has 2 N–H and O–H groups in total. The zero-order valence-corrected chi connectivity index (χ0v) is 10.5. The molecule has 0 fully saturated rings. The fourth-order valence-electron chi connectivity index (χ4n) is 1.18. The maximum Gasteiger partial charge on any atom is 0.0390 e. The van der Waals surface area contributed by atoms with Crippen LogP contribution >= 0.6 is 27.3 Å². The Morgan fingerprint density at radius 1 is 1.46 bits per heavy atom. The van der Waals surface area contributed by atoms with Crippen molar-refractivity contribution in [2.45, 2.75) is 32.7 Å². The SMILES string of the molecule is CC(C)CC[C@H](N)c1cc(Br)cs1. The van der Waals surface area contributed by atoms with E-state index in [4.69, 9.17) is 5.73 Å². The fourth-order valence-corrected chi connectivity index (χ4v) is 2.66. The zero-order chi connectivity index (χ0) is 9.84. The number of hydrogen-bond donors (Lipinski definition) is 1. The van der Waals surface area contributed by atoms with Gasteiger partial charge in [0.25, 0.3) is 0 Å². The molecule has 1 aromatic rings. The van der Waals surface area contributed by atoms with Crippen LogP contribution in [0.25, 0.3) is 0 Å². The molecular formula is C10H16BrNS. The van der Waals surface area contributed by atoms with Crippen LogP contribution < -0.4 is 5.73 Å². The van der Waals surface area contributed by atoms with Gasteiger partial charge in [-0.05, 0) is 40.8 Å². The molecule has 1 atom stereocenters. The first-order valence-electron chi connectivity index (χ1n) is 4.59. The van der Waals surface area contributed by atoms with Crippen LogP contribution in [0.1, 0.15) is 37.6 Å². The Morgan fingerprint density at radius 2 is 2.15 bits per heavy atom. The Labute approximate surface area is 92.5 Å². The predicted octanol–water partition coefficient (Wildman–Crippen LogP) is 3.95. The molecule has 0 aliphatic heterocycles. The normalized spacial score (nSPS) is 13.6. The highest BCUT2D eigenvalue weighted by Gasteiger charge is 2.08. The van der Waals surface area contributed by atoms with Gasteiger partial charge in [-0.15, -0.1) is 11.3 Å². The van der Waals surface area contributed by atoms with Crippen LogP contribution in [0.5, 0.6) is 0 Å². The summed E-state index contributed by atoms with van der Waals surface area (Å²) >= 11 is 5.17. The third kappa shape index (κ3) is 3.79. The summed E-state index contributed by atoms with van der Waals surface area (Å²) < 4.78 is 1.15. The Balaban J connectivity index is 2.44. The Kier molecular flexibility index (Phi) is 4.42. The molecule has 0 unspecified atom stereocenters. The summed E-state index contributed by atoms with van der Waals surface area (Å²) in [6, 6.07) is 2.34. The minimum atomic E-state index is 0.221. The van der Waals surface area contributed by atoms with E-state index in [1.807, 2.05) is 0 Å². The van der Waals surface area contributed by atoms with Gasteiger partial charge in [-0.1, -0.05) is 13.8 Å². The molecule has 0 amide bonds. The lowest BCUT2D eigenvalue weighted by atomic mass is 10.0. The molecule has 0 saturated carbocycles. The quantitative estimate of drug-likeness (QED) is 0.873. The second kappa shape index (κ2) is 5.13. The maximum absolute atomic E-state index is 6.05. The third-order valence-corrected chi connectivity index (χ3v) is 3.83. The minimum Gasteiger partial charge on any atom is -0.323 e. The zero-order valence-electron chi connectivity index (χ0n) is 8.09. The van der Waals surface area contributed by atoms with Crippen molar-refractivity contribution in [1.82, 2.24) is 0 Å². The lowest BCUT2D eigenvalue weighted by Crippen LogP contribution is -2.09. The van der Waals surface area contributed by atoms with Crippen molar-refractivity contribution in [2.75, 3.05) is 0 Å². The largest absolute Gasteiger partial charge is 0.323 e. The number of rotatable bonds is 4. The first-order valence-corrected chi connectivity index (χ1v) is 6.26. The molecule has 0 aliphatic carbocycles. The summed E-state index contributed by atoms with van der Waals surface area (Å²) in [6.07, 6.45) is 2.29. The topological polar surface area (TPSA) is 26.0 Å². The van der Waals surface area contributed by atoms with Gasteiger partial charge in [0.1, 0.15) is 0 Å². The Bertz CT molecular complexity index is 257. The Hall–Kier alpha value is 0.140. The maximum atomic E-state index is 6.05. The molecule has 0 aliphatic rings. The highest BCUT2D eigenvalue weighted by molar-refractivity contribution is 9.10. The molecule has 0 saturated heterocycles. The number of hydrogen-bond acceptors (Lipinski definition) is 2. The number of thiophene rings is 1. The highest BCUT2D eigenvalue weighted by Crippen LogP contribution is 2.27. The number of halogens is 1. The van der Waals surface area contributed by atoms with E-state index in [2.05, 4.69) is 41.2 Å². The van der Waals surface area contributed by atoms with Crippen LogP contribution in [0.15, 0.2) is 15.9 Å². The molecule has 0 spiro atoms. The monoisotopic (exact) mass is 261 g/mol. The van der Waals surface area contributed by atoms with Gasteiger partial charge in [-0.2, -0.15) is 0 Å². The molecule has 1 nitrogen and oxygen atoms in total. The van der Waals surface area contributed by atoms with Crippen molar-refractivity contribution in [3.63, 3.8) is 0 Å². The summed E-state index contributed by atoms with van der Waals surface area (Å²) in [5, 5.41) is 2.09. The van der Waals surface area contributed by atoms with Gasteiger partial charge < -0.3 is 5.73 Å². The van der Waals surface area contributed by atoms with Gasteiger partial charge in [0.15, 0.2) is 0 Å². The van der Waals surface area contributed by atoms with Gasteiger partial charge in [-0.25, -0.2) is 0 Å². The lowest BCUT2D eigenvalue weighted by Gasteiger charge is -2.10. The molecule has 1 aromatic heterocycles. The molecule has 0 bridgehead atoms. The van der Waals surface area contributed by atoms with Crippen LogP contribution in [-0.4, -0.2) is 0 Å². The van der Waals surface area contributed by atoms with Crippen molar-refractivity contribution in [2.24, 2.45) is 11.7 Å².